The fraction of sp³-hybridized carbons (Fsp3) is 0.214. The number of nitrogens with zero attached hydrogens (tertiary/aromatic N) is 4. The minimum absolute atomic E-state index is 0.0188. The molecule has 120 valence electrons. The zero-order valence-electron chi connectivity index (χ0n) is 11.8. The van der Waals surface area contributed by atoms with Crippen molar-refractivity contribution in [2.75, 3.05) is 0 Å². The maximum Gasteiger partial charge on any atom is 0.433 e. The lowest BCUT2D eigenvalue weighted by Crippen LogP contribution is -2.11. The number of halogens is 4. The second kappa shape index (κ2) is 5.69. The van der Waals surface area contributed by atoms with Gasteiger partial charge in [0.2, 0.25) is 5.89 Å². The first-order chi connectivity index (χ1) is 10.8. The first kappa shape index (κ1) is 15.5. The van der Waals surface area contributed by atoms with Crippen LogP contribution in [-0.4, -0.2) is 20.0 Å². The zero-order valence-corrected chi connectivity index (χ0v) is 12.6. The van der Waals surface area contributed by atoms with Gasteiger partial charge in [-0.25, -0.2) is 0 Å². The largest absolute Gasteiger partial charge is 0.433 e. The van der Waals surface area contributed by atoms with Crippen LogP contribution in [0.25, 0.3) is 11.6 Å². The summed E-state index contributed by atoms with van der Waals surface area (Å²) in [7, 11) is 1.21. The average Bonchev–Trinajstić information content (AvgIpc) is 3.07. The molecule has 0 aliphatic heterocycles. The standard InChI is InChI=1S/C14H10ClF3N4O/c1-22-11(14(16,17)18)7-10(21-22)13-20-19-12(23-13)6-8-2-4-9(15)5-3-8/h2-5,7H,6H2,1H3. The van der Waals surface area contributed by atoms with Crippen LogP contribution in [0.15, 0.2) is 34.7 Å². The highest BCUT2D eigenvalue weighted by Gasteiger charge is 2.35. The molecule has 3 rings (SSSR count). The lowest BCUT2D eigenvalue weighted by molar-refractivity contribution is -0.143. The van der Waals surface area contributed by atoms with E-state index in [1.54, 1.807) is 24.3 Å². The average molecular weight is 343 g/mol. The van der Waals surface area contributed by atoms with Crippen molar-refractivity contribution in [1.29, 1.82) is 0 Å². The van der Waals surface area contributed by atoms with Gasteiger partial charge in [0.05, 0.1) is 6.42 Å². The molecule has 0 spiro atoms. The quantitative estimate of drug-likeness (QED) is 0.727. The van der Waals surface area contributed by atoms with Crippen molar-refractivity contribution in [3.63, 3.8) is 0 Å². The molecule has 0 aliphatic carbocycles. The molecule has 1 aromatic carbocycles. The molecule has 23 heavy (non-hydrogen) atoms. The summed E-state index contributed by atoms with van der Waals surface area (Å²) in [5.74, 6) is 0.224. The summed E-state index contributed by atoms with van der Waals surface area (Å²) in [6, 6.07) is 7.92. The highest BCUT2D eigenvalue weighted by molar-refractivity contribution is 6.30. The van der Waals surface area contributed by atoms with Crippen molar-refractivity contribution in [1.82, 2.24) is 20.0 Å². The number of rotatable bonds is 3. The number of alkyl halides is 3. The molecule has 0 aliphatic rings. The lowest BCUT2D eigenvalue weighted by Gasteiger charge is -2.04. The molecule has 0 unspecified atom stereocenters. The fourth-order valence-corrected chi connectivity index (χ4v) is 2.17. The molecular weight excluding hydrogens is 333 g/mol. The van der Waals surface area contributed by atoms with E-state index >= 15 is 0 Å². The molecule has 0 fully saturated rings. The van der Waals surface area contributed by atoms with Gasteiger partial charge in [0, 0.05) is 18.1 Å². The number of aryl methyl sites for hydroxylation is 1. The van der Waals surface area contributed by atoms with Crippen molar-refractivity contribution in [3.05, 3.63) is 52.5 Å². The third-order valence-electron chi connectivity index (χ3n) is 3.12. The first-order valence-corrected chi connectivity index (χ1v) is 6.89. The highest BCUT2D eigenvalue weighted by atomic mass is 35.5. The molecule has 0 saturated carbocycles. The van der Waals surface area contributed by atoms with Crippen LogP contribution in [0.1, 0.15) is 17.1 Å². The summed E-state index contributed by atoms with van der Waals surface area (Å²) < 4.78 is 44.4. The number of aromatic nitrogens is 4. The summed E-state index contributed by atoms with van der Waals surface area (Å²) in [5, 5.41) is 11.9. The van der Waals surface area contributed by atoms with Gasteiger partial charge < -0.3 is 4.42 Å². The van der Waals surface area contributed by atoms with Crippen LogP contribution in [0.2, 0.25) is 5.02 Å². The molecule has 0 saturated heterocycles. The van der Waals surface area contributed by atoms with Gasteiger partial charge in [0.1, 0.15) is 11.4 Å². The van der Waals surface area contributed by atoms with Crippen molar-refractivity contribution in [2.24, 2.45) is 7.05 Å². The lowest BCUT2D eigenvalue weighted by atomic mass is 10.1. The molecule has 2 aromatic heterocycles. The summed E-state index contributed by atoms with van der Waals surface area (Å²) in [6.07, 6.45) is -4.14. The summed E-state index contributed by atoms with van der Waals surface area (Å²) >= 11 is 5.80. The van der Waals surface area contributed by atoms with E-state index in [-0.39, 0.29) is 17.5 Å². The highest BCUT2D eigenvalue weighted by Crippen LogP contribution is 2.31. The smallest absolute Gasteiger partial charge is 0.419 e. The third kappa shape index (κ3) is 3.37. The molecule has 0 bridgehead atoms. The molecular formula is C14H10ClF3N4O. The molecule has 9 heteroatoms. The van der Waals surface area contributed by atoms with Gasteiger partial charge in [-0.3, -0.25) is 4.68 Å². The van der Waals surface area contributed by atoms with Crippen LogP contribution < -0.4 is 0 Å². The van der Waals surface area contributed by atoms with Gasteiger partial charge in [0.25, 0.3) is 5.89 Å². The maximum atomic E-state index is 12.8. The van der Waals surface area contributed by atoms with E-state index < -0.39 is 11.9 Å². The fourth-order valence-electron chi connectivity index (χ4n) is 2.04. The topological polar surface area (TPSA) is 56.7 Å². The second-order valence-corrected chi connectivity index (χ2v) is 5.28. The zero-order chi connectivity index (χ0) is 16.6. The minimum atomic E-state index is -4.49. The van der Waals surface area contributed by atoms with E-state index in [1.165, 1.54) is 7.05 Å². The minimum Gasteiger partial charge on any atom is -0.419 e. The Morgan fingerprint density at radius 3 is 2.48 bits per heavy atom. The Morgan fingerprint density at radius 1 is 1.17 bits per heavy atom. The van der Waals surface area contributed by atoms with E-state index in [0.29, 0.717) is 11.4 Å². The van der Waals surface area contributed by atoms with Gasteiger partial charge in [-0.15, -0.1) is 10.2 Å². The van der Waals surface area contributed by atoms with E-state index in [2.05, 4.69) is 15.3 Å². The Balaban J connectivity index is 1.83. The summed E-state index contributed by atoms with van der Waals surface area (Å²) in [4.78, 5) is 0. The Labute approximate surface area is 133 Å². The van der Waals surface area contributed by atoms with Crippen LogP contribution >= 0.6 is 11.6 Å². The molecule has 0 atom stereocenters. The van der Waals surface area contributed by atoms with E-state index in [1.807, 2.05) is 0 Å². The van der Waals surface area contributed by atoms with Crippen LogP contribution in [0.3, 0.4) is 0 Å². The molecule has 0 N–H and O–H groups in total. The van der Waals surface area contributed by atoms with E-state index in [0.717, 1.165) is 16.3 Å². The van der Waals surface area contributed by atoms with Crippen molar-refractivity contribution in [3.8, 4) is 11.6 Å². The third-order valence-corrected chi connectivity index (χ3v) is 3.38. The number of benzene rings is 1. The molecule has 3 aromatic rings. The molecule has 0 amide bonds. The van der Waals surface area contributed by atoms with Gasteiger partial charge in [-0.1, -0.05) is 23.7 Å². The Kier molecular flexibility index (Phi) is 3.85. The van der Waals surface area contributed by atoms with Crippen molar-refractivity contribution >= 4 is 11.6 Å². The van der Waals surface area contributed by atoms with Crippen LogP contribution in [0.4, 0.5) is 13.2 Å². The van der Waals surface area contributed by atoms with E-state index in [9.17, 15) is 13.2 Å². The Hall–Kier alpha value is -2.35. The van der Waals surface area contributed by atoms with Crippen molar-refractivity contribution < 1.29 is 17.6 Å². The van der Waals surface area contributed by atoms with Gasteiger partial charge in [-0.05, 0) is 17.7 Å². The maximum absolute atomic E-state index is 12.8. The first-order valence-electron chi connectivity index (χ1n) is 6.51. The Morgan fingerprint density at radius 2 is 1.87 bits per heavy atom. The monoisotopic (exact) mass is 342 g/mol. The van der Waals surface area contributed by atoms with Gasteiger partial charge in [0.15, 0.2) is 0 Å². The molecule has 5 nitrogen and oxygen atoms in total. The van der Waals surface area contributed by atoms with Crippen molar-refractivity contribution in [2.45, 2.75) is 12.6 Å². The summed E-state index contributed by atoms with van der Waals surface area (Å²) in [6.45, 7) is 0. The predicted octanol–water partition coefficient (Wildman–Crippen LogP) is 3.73. The van der Waals surface area contributed by atoms with Crippen LogP contribution in [0, 0.1) is 0 Å². The van der Waals surface area contributed by atoms with Gasteiger partial charge in [-0.2, -0.15) is 18.3 Å². The second-order valence-electron chi connectivity index (χ2n) is 4.84. The number of hydrogen-bond donors (Lipinski definition) is 0. The van der Waals surface area contributed by atoms with Crippen LogP contribution in [-0.2, 0) is 19.6 Å². The SMILES string of the molecule is Cn1nc(-c2nnc(Cc3ccc(Cl)cc3)o2)cc1C(F)(F)F. The predicted molar refractivity (Wildman–Crippen MR) is 75.8 cm³/mol. The summed E-state index contributed by atoms with van der Waals surface area (Å²) in [5.41, 5.74) is -0.0127. The van der Waals surface area contributed by atoms with Gasteiger partial charge >= 0.3 is 6.18 Å². The Bertz CT molecular complexity index is 823. The normalized spacial score (nSPS) is 11.9. The molecule has 2 heterocycles. The van der Waals surface area contributed by atoms with E-state index in [4.69, 9.17) is 16.0 Å². The number of hydrogen-bond acceptors (Lipinski definition) is 4. The molecule has 0 radical (unpaired) electrons. The van der Waals surface area contributed by atoms with Crippen LogP contribution in [0.5, 0.6) is 0 Å².